The number of halogens is 1. The minimum Gasteiger partial charge on any atom is -0.352 e. The third kappa shape index (κ3) is 2.59. The van der Waals surface area contributed by atoms with Gasteiger partial charge in [0.15, 0.2) is 0 Å². The molecular formula is C15H17BrN2O2. The Morgan fingerprint density at radius 1 is 1.25 bits per heavy atom. The van der Waals surface area contributed by atoms with Gasteiger partial charge in [-0.05, 0) is 50.3 Å². The van der Waals surface area contributed by atoms with Crippen LogP contribution in [0.5, 0.6) is 0 Å². The second-order valence-corrected chi connectivity index (χ2v) is 6.60. The second kappa shape index (κ2) is 4.88. The highest BCUT2D eigenvalue weighted by Gasteiger charge is 2.57. The first kappa shape index (κ1) is 13.6. The summed E-state index contributed by atoms with van der Waals surface area (Å²) in [6.45, 7) is 1.99. The van der Waals surface area contributed by atoms with Gasteiger partial charge in [0.05, 0.1) is 0 Å². The SMILES string of the molecule is Cc1ccc(NC(=O)C2(C(=O)NC3CC3)CC2)cc1Br. The van der Waals surface area contributed by atoms with Crippen LogP contribution in [0.2, 0.25) is 0 Å². The molecule has 0 aliphatic heterocycles. The van der Waals surface area contributed by atoms with Gasteiger partial charge in [0, 0.05) is 16.2 Å². The highest BCUT2D eigenvalue weighted by atomic mass is 79.9. The molecular weight excluding hydrogens is 320 g/mol. The van der Waals surface area contributed by atoms with Crippen LogP contribution >= 0.6 is 15.9 Å². The molecule has 2 amide bonds. The summed E-state index contributed by atoms with van der Waals surface area (Å²) >= 11 is 3.44. The Balaban J connectivity index is 1.68. The number of nitrogens with one attached hydrogen (secondary N) is 2. The van der Waals surface area contributed by atoms with Gasteiger partial charge < -0.3 is 10.6 Å². The average Bonchev–Trinajstić information content (AvgIpc) is 3.25. The van der Waals surface area contributed by atoms with Crippen LogP contribution in [-0.4, -0.2) is 17.9 Å². The van der Waals surface area contributed by atoms with E-state index in [1.165, 1.54) is 0 Å². The van der Waals surface area contributed by atoms with Crippen molar-refractivity contribution in [1.29, 1.82) is 0 Å². The largest absolute Gasteiger partial charge is 0.352 e. The van der Waals surface area contributed by atoms with Crippen LogP contribution < -0.4 is 10.6 Å². The Hall–Kier alpha value is -1.36. The van der Waals surface area contributed by atoms with Gasteiger partial charge in [-0.3, -0.25) is 9.59 Å². The highest BCUT2D eigenvalue weighted by Crippen LogP contribution is 2.47. The molecule has 2 aliphatic rings. The summed E-state index contributed by atoms with van der Waals surface area (Å²) in [5.41, 5.74) is 0.994. The molecule has 4 nitrogen and oxygen atoms in total. The summed E-state index contributed by atoms with van der Waals surface area (Å²) in [4.78, 5) is 24.5. The van der Waals surface area contributed by atoms with Gasteiger partial charge in [-0.2, -0.15) is 0 Å². The van der Waals surface area contributed by atoms with Crippen LogP contribution in [0.25, 0.3) is 0 Å². The molecule has 106 valence electrons. The van der Waals surface area contributed by atoms with Crippen molar-refractivity contribution in [2.45, 2.75) is 38.6 Å². The molecule has 3 rings (SSSR count). The molecule has 0 bridgehead atoms. The van der Waals surface area contributed by atoms with Crippen molar-refractivity contribution in [2.24, 2.45) is 5.41 Å². The van der Waals surface area contributed by atoms with E-state index in [0.717, 1.165) is 28.6 Å². The third-order valence-corrected chi connectivity index (χ3v) is 4.82. The van der Waals surface area contributed by atoms with Crippen LogP contribution in [0.1, 0.15) is 31.2 Å². The molecule has 20 heavy (non-hydrogen) atoms. The molecule has 0 heterocycles. The number of rotatable bonds is 4. The molecule has 0 saturated heterocycles. The van der Waals surface area contributed by atoms with E-state index < -0.39 is 5.41 Å². The smallest absolute Gasteiger partial charge is 0.240 e. The third-order valence-electron chi connectivity index (χ3n) is 3.96. The lowest BCUT2D eigenvalue weighted by Crippen LogP contribution is -2.40. The van der Waals surface area contributed by atoms with Crippen molar-refractivity contribution >= 4 is 33.4 Å². The van der Waals surface area contributed by atoms with Gasteiger partial charge in [-0.1, -0.05) is 22.0 Å². The fourth-order valence-corrected chi connectivity index (χ4v) is 2.53. The molecule has 0 unspecified atom stereocenters. The predicted octanol–water partition coefficient (Wildman–Crippen LogP) is 2.75. The number of anilines is 1. The Labute approximate surface area is 126 Å². The fourth-order valence-electron chi connectivity index (χ4n) is 2.15. The lowest BCUT2D eigenvalue weighted by Gasteiger charge is -2.15. The van der Waals surface area contributed by atoms with E-state index in [1.54, 1.807) is 0 Å². The first-order valence-electron chi connectivity index (χ1n) is 6.90. The molecule has 1 aromatic carbocycles. The van der Waals surface area contributed by atoms with E-state index >= 15 is 0 Å². The van der Waals surface area contributed by atoms with Crippen LogP contribution in [0, 0.1) is 12.3 Å². The van der Waals surface area contributed by atoms with Gasteiger partial charge in [0.25, 0.3) is 0 Å². The number of hydrogen-bond donors (Lipinski definition) is 2. The molecule has 2 saturated carbocycles. The molecule has 2 fully saturated rings. The summed E-state index contributed by atoms with van der Waals surface area (Å²) in [6, 6.07) is 5.94. The Morgan fingerprint density at radius 3 is 2.50 bits per heavy atom. The standard InChI is InChI=1S/C15H17BrN2O2/c1-9-2-3-11(8-12(9)16)18-14(20)15(6-7-15)13(19)17-10-4-5-10/h2-3,8,10H,4-7H2,1H3,(H,17,19)(H,18,20). The quantitative estimate of drug-likeness (QED) is 0.830. The normalized spacial score (nSPS) is 19.3. The monoisotopic (exact) mass is 336 g/mol. The van der Waals surface area contributed by atoms with Gasteiger partial charge in [0.2, 0.25) is 11.8 Å². The summed E-state index contributed by atoms with van der Waals surface area (Å²) in [6.07, 6.45) is 3.36. The summed E-state index contributed by atoms with van der Waals surface area (Å²) in [5, 5.41) is 5.79. The molecule has 0 radical (unpaired) electrons. The van der Waals surface area contributed by atoms with Crippen molar-refractivity contribution in [2.75, 3.05) is 5.32 Å². The molecule has 2 aliphatic carbocycles. The molecule has 0 atom stereocenters. The maximum atomic E-state index is 12.3. The summed E-state index contributed by atoms with van der Waals surface area (Å²) in [7, 11) is 0. The van der Waals surface area contributed by atoms with Crippen LogP contribution in [-0.2, 0) is 9.59 Å². The number of carbonyl (C=O) groups is 2. The lowest BCUT2D eigenvalue weighted by atomic mass is 10.0. The van der Waals surface area contributed by atoms with E-state index in [1.807, 2.05) is 25.1 Å². The predicted molar refractivity (Wildman–Crippen MR) is 80.3 cm³/mol. The van der Waals surface area contributed by atoms with Gasteiger partial charge >= 0.3 is 0 Å². The summed E-state index contributed by atoms with van der Waals surface area (Å²) in [5.74, 6) is -0.296. The van der Waals surface area contributed by atoms with E-state index in [4.69, 9.17) is 0 Å². The maximum absolute atomic E-state index is 12.3. The zero-order chi connectivity index (χ0) is 14.3. The van der Waals surface area contributed by atoms with Gasteiger partial charge in [-0.15, -0.1) is 0 Å². The second-order valence-electron chi connectivity index (χ2n) is 5.75. The molecule has 0 spiro atoms. The fraction of sp³-hybridized carbons (Fsp3) is 0.467. The van der Waals surface area contributed by atoms with Crippen molar-refractivity contribution in [3.8, 4) is 0 Å². The van der Waals surface area contributed by atoms with E-state index in [-0.39, 0.29) is 11.8 Å². The topological polar surface area (TPSA) is 58.2 Å². The zero-order valence-electron chi connectivity index (χ0n) is 11.3. The van der Waals surface area contributed by atoms with E-state index in [0.29, 0.717) is 18.9 Å². The Bertz CT molecular complexity index is 577. The van der Waals surface area contributed by atoms with Crippen molar-refractivity contribution in [3.05, 3.63) is 28.2 Å². The average molecular weight is 337 g/mol. The Kier molecular flexibility index (Phi) is 3.32. The number of aryl methyl sites for hydroxylation is 1. The van der Waals surface area contributed by atoms with Crippen molar-refractivity contribution in [3.63, 3.8) is 0 Å². The molecule has 0 aromatic heterocycles. The van der Waals surface area contributed by atoms with Gasteiger partial charge in [-0.25, -0.2) is 0 Å². The minimum atomic E-state index is -0.833. The number of hydrogen-bond acceptors (Lipinski definition) is 2. The van der Waals surface area contributed by atoms with Crippen LogP contribution in [0.15, 0.2) is 22.7 Å². The number of amides is 2. The van der Waals surface area contributed by atoms with Crippen molar-refractivity contribution < 1.29 is 9.59 Å². The molecule has 2 N–H and O–H groups in total. The molecule has 1 aromatic rings. The maximum Gasteiger partial charge on any atom is 0.240 e. The Morgan fingerprint density at radius 2 is 1.95 bits per heavy atom. The minimum absolute atomic E-state index is 0.108. The zero-order valence-corrected chi connectivity index (χ0v) is 12.9. The lowest BCUT2D eigenvalue weighted by molar-refractivity contribution is -0.134. The van der Waals surface area contributed by atoms with E-state index in [2.05, 4.69) is 26.6 Å². The summed E-state index contributed by atoms with van der Waals surface area (Å²) < 4.78 is 0.947. The van der Waals surface area contributed by atoms with Gasteiger partial charge in [0.1, 0.15) is 5.41 Å². The molecule has 5 heteroatoms. The number of carbonyl (C=O) groups excluding carboxylic acids is 2. The van der Waals surface area contributed by atoms with Crippen LogP contribution in [0.4, 0.5) is 5.69 Å². The first-order chi connectivity index (χ1) is 9.51. The van der Waals surface area contributed by atoms with Crippen molar-refractivity contribution in [1.82, 2.24) is 5.32 Å². The highest BCUT2D eigenvalue weighted by molar-refractivity contribution is 9.10. The van der Waals surface area contributed by atoms with E-state index in [9.17, 15) is 9.59 Å². The van der Waals surface area contributed by atoms with Crippen LogP contribution in [0.3, 0.4) is 0 Å². The first-order valence-corrected chi connectivity index (χ1v) is 7.69. The number of benzene rings is 1.